The lowest BCUT2D eigenvalue weighted by atomic mass is 10.1. The molecular formula is C12H20N2O. The number of nitrogens with two attached hydrogens (primary N) is 1. The monoisotopic (exact) mass is 208 g/mol. The van der Waals surface area contributed by atoms with Crippen LogP contribution in [0.25, 0.3) is 0 Å². The molecule has 1 heterocycles. The van der Waals surface area contributed by atoms with E-state index in [-0.39, 0.29) is 5.56 Å². The lowest BCUT2D eigenvalue weighted by Crippen LogP contribution is -2.28. The van der Waals surface area contributed by atoms with Crippen molar-refractivity contribution in [3.05, 3.63) is 33.7 Å². The molecule has 0 fully saturated rings. The van der Waals surface area contributed by atoms with Gasteiger partial charge in [0.25, 0.3) is 5.56 Å². The zero-order chi connectivity index (χ0) is 11.4. The number of aryl methyl sites for hydroxylation is 1. The molecule has 0 aliphatic rings. The third-order valence-corrected chi connectivity index (χ3v) is 2.88. The Morgan fingerprint density at radius 1 is 1.47 bits per heavy atom. The van der Waals surface area contributed by atoms with E-state index in [1.807, 2.05) is 23.6 Å². The lowest BCUT2D eigenvalue weighted by Gasteiger charge is -2.15. The molecule has 1 unspecified atom stereocenters. The Hall–Kier alpha value is -1.09. The van der Waals surface area contributed by atoms with Crippen molar-refractivity contribution < 1.29 is 0 Å². The SMILES string of the molecule is CCC(C)Cn1c(C)ccc(CN)c1=O. The minimum atomic E-state index is 0.0674. The van der Waals surface area contributed by atoms with Crippen molar-refractivity contribution in [1.29, 1.82) is 0 Å². The maximum atomic E-state index is 12.0. The summed E-state index contributed by atoms with van der Waals surface area (Å²) in [5.41, 5.74) is 7.30. The number of rotatable bonds is 4. The molecule has 15 heavy (non-hydrogen) atoms. The van der Waals surface area contributed by atoms with Crippen LogP contribution in [0.2, 0.25) is 0 Å². The summed E-state index contributed by atoms with van der Waals surface area (Å²) in [6.45, 7) is 7.36. The van der Waals surface area contributed by atoms with Crippen LogP contribution in [0.1, 0.15) is 31.5 Å². The Balaban J connectivity index is 3.10. The summed E-state index contributed by atoms with van der Waals surface area (Å²) in [7, 11) is 0. The van der Waals surface area contributed by atoms with Crippen molar-refractivity contribution in [3.63, 3.8) is 0 Å². The van der Waals surface area contributed by atoms with E-state index in [1.165, 1.54) is 0 Å². The molecule has 0 spiro atoms. The first-order valence-corrected chi connectivity index (χ1v) is 5.49. The van der Waals surface area contributed by atoms with Gasteiger partial charge in [-0.25, -0.2) is 0 Å². The molecule has 0 amide bonds. The zero-order valence-corrected chi connectivity index (χ0v) is 9.79. The fourth-order valence-corrected chi connectivity index (χ4v) is 1.54. The maximum Gasteiger partial charge on any atom is 0.255 e. The third-order valence-electron chi connectivity index (χ3n) is 2.88. The average molecular weight is 208 g/mol. The molecule has 0 radical (unpaired) electrons. The molecular weight excluding hydrogens is 188 g/mol. The fourth-order valence-electron chi connectivity index (χ4n) is 1.54. The van der Waals surface area contributed by atoms with Gasteiger partial charge >= 0.3 is 0 Å². The molecule has 1 aromatic heterocycles. The number of hydrogen-bond donors (Lipinski definition) is 1. The number of hydrogen-bond acceptors (Lipinski definition) is 2. The normalized spacial score (nSPS) is 12.8. The third kappa shape index (κ3) is 2.69. The summed E-state index contributed by atoms with van der Waals surface area (Å²) in [5.74, 6) is 0.523. The van der Waals surface area contributed by atoms with E-state index >= 15 is 0 Å². The zero-order valence-electron chi connectivity index (χ0n) is 9.79. The molecule has 0 bridgehead atoms. The van der Waals surface area contributed by atoms with E-state index in [1.54, 1.807) is 0 Å². The van der Waals surface area contributed by atoms with Crippen LogP contribution >= 0.6 is 0 Å². The van der Waals surface area contributed by atoms with Crippen molar-refractivity contribution in [2.75, 3.05) is 0 Å². The van der Waals surface area contributed by atoms with Gasteiger partial charge in [-0.15, -0.1) is 0 Å². The second-order valence-electron chi connectivity index (χ2n) is 4.13. The summed E-state index contributed by atoms with van der Waals surface area (Å²) >= 11 is 0. The van der Waals surface area contributed by atoms with Gasteiger partial charge in [-0.2, -0.15) is 0 Å². The van der Waals surface area contributed by atoms with Crippen molar-refractivity contribution >= 4 is 0 Å². The van der Waals surface area contributed by atoms with Gasteiger partial charge in [-0.05, 0) is 18.9 Å². The van der Waals surface area contributed by atoms with Crippen molar-refractivity contribution in [3.8, 4) is 0 Å². The van der Waals surface area contributed by atoms with Gasteiger partial charge in [0.2, 0.25) is 0 Å². The highest BCUT2D eigenvalue weighted by Gasteiger charge is 2.07. The molecule has 0 aliphatic heterocycles. The van der Waals surface area contributed by atoms with Crippen LogP contribution in [0.3, 0.4) is 0 Å². The summed E-state index contributed by atoms with van der Waals surface area (Å²) in [5, 5.41) is 0. The van der Waals surface area contributed by atoms with Gasteiger partial charge in [0.15, 0.2) is 0 Å². The van der Waals surface area contributed by atoms with E-state index in [0.717, 1.165) is 18.7 Å². The van der Waals surface area contributed by atoms with E-state index in [9.17, 15) is 4.79 Å². The van der Waals surface area contributed by atoms with Crippen molar-refractivity contribution in [2.45, 2.75) is 40.3 Å². The second kappa shape index (κ2) is 5.12. The van der Waals surface area contributed by atoms with E-state index in [0.29, 0.717) is 18.0 Å². The van der Waals surface area contributed by atoms with E-state index in [4.69, 9.17) is 5.73 Å². The van der Waals surface area contributed by atoms with E-state index < -0.39 is 0 Å². The minimum absolute atomic E-state index is 0.0674. The van der Waals surface area contributed by atoms with Gasteiger partial charge in [0, 0.05) is 24.3 Å². The minimum Gasteiger partial charge on any atom is -0.326 e. The first kappa shape index (κ1) is 12.0. The molecule has 1 rings (SSSR count). The molecule has 0 saturated heterocycles. The van der Waals surface area contributed by atoms with Crippen LogP contribution in [0.5, 0.6) is 0 Å². The van der Waals surface area contributed by atoms with Gasteiger partial charge in [-0.1, -0.05) is 26.3 Å². The molecule has 3 nitrogen and oxygen atoms in total. The Morgan fingerprint density at radius 2 is 2.13 bits per heavy atom. The maximum absolute atomic E-state index is 12.0. The summed E-state index contributed by atoms with van der Waals surface area (Å²) in [6.07, 6.45) is 1.08. The molecule has 0 aliphatic carbocycles. The highest BCUT2D eigenvalue weighted by molar-refractivity contribution is 5.15. The summed E-state index contributed by atoms with van der Waals surface area (Å²) in [6, 6.07) is 3.79. The van der Waals surface area contributed by atoms with Crippen LogP contribution in [0, 0.1) is 12.8 Å². The van der Waals surface area contributed by atoms with Crippen molar-refractivity contribution in [1.82, 2.24) is 4.57 Å². The number of pyridine rings is 1. The first-order chi connectivity index (χ1) is 7.10. The van der Waals surface area contributed by atoms with Crippen molar-refractivity contribution in [2.24, 2.45) is 11.7 Å². The number of aromatic nitrogens is 1. The van der Waals surface area contributed by atoms with Crippen LogP contribution < -0.4 is 11.3 Å². The van der Waals surface area contributed by atoms with Gasteiger partial charge in [0.1, 0.15) is 0 Å². The van der Waals surface area contributed by atoms with Crippen LogP contribution in [-0.2, 0) is 13.1 Å². The molecule has 3 heteroatoms. The molecule has 2 N–H and O–H groups in total. The predicted octanol–water partition coefficient (Wildman–Crippen LogP) is 1.66. The quantitative estimate of drug-likeness (QED) is 0.818. The standard InChI is InChI=1S/C12H20N2O/c1-4-9(2)8-14-10(3)5-6-11(7-13)12(14)15/h5-6,9H,4,7-8,13H2,1-3H3. The topological polar surface area (TPSA) is 48.0 Å². The van der Waals surface area contributed by atoms with Crippen LogP contribution in [-0.4, -0.2) is 4.57 Å². The first-order valence-electron chi connectivity index (χ1n) is 5.49. The Kier molecular flexibility index (Phi) is 4.09. The lowest BCUT2D eigenvalue weighted by molar-refractivity contribution is 0.452. The summed E-state index contributed by atoms with van der Waals surface area (Å²) in [4.78, 5) is 12.0. The molecule has 84 valence electrons. The second-order valence-corrected chi connectivity index (χ2v) is 4.13. The Morgan fingerprint density at radius 3 is 2.67 bits per heavy atom. The summed E-state index contributed by atoms with van der Waals surface area (Å²) < 4.78 is 1.83. The van der Waals surface area contributed by atoms with Gasteiger partial charge in [0.05, 0.1) is 0 Å². The van der Waals surface area contributed by atoms with E-state index in [2.05, 4.69) is 13.8 Å². The van der Waals surface area contributed by atoms with Crippen LogP contribution in [0.15, 0.2) is 16.9 Å². The molecule has 0 saturated carbocycles. The average Bonchev–Trinajstić information content (AvgIpc) is 2.24. The highest BCUT2D eigenvalue weighted by atomic mass is 16.1. The van der Waals surface area contributed by atoms with Crippen LogP contribution in [0.4, 0.5) is 0 Å². The molecule has 0 aromatic carbocycles. The predicted molar refractivity (Wildman–Crippen MR) is 62.8 cm³/mol. The Labute approximate surface area is 90.9 Å². The fraction of sp³-hybridized carbons (Fsp3) is 0.583. The largest absolute Gasteiger partial charge is 0.326 e. The number of nitrogens with zero attached hydrogens (tertiary/aromatic N) is 1. The van der Waals surface area contributed by atoms with Gasteiger partial charge < -0.3 is 10.3 Å². The highest BCUT2D eigenvalue weighted by Crippen LogP contribution is 2.06. The van der Waals surface area contributed by atoms with Gasteiger partial charge in [-0.3, -0.25) is 4.79 Å². The molecule has 1 aromatic rings. The molecule has 1 atom stereocenters. The Bertz CT molecular complexity index is 382. The smallest absolute Gasteiger partial charge is 0.255 e.